The minimum atomic E-state index is -1.40. The number of amides is 2. The minimum absolute atomic E-state index is 0.0260. The Morgan fingerprint density at radius 2 is 1.73 bits per heavy atom. The number of hydrogen-bond donors (Lipinski definition) is 2. The minimum Gasteiger partial charge on any atom is -0.490 e. The van der Waals surface area contributed by atoms with E-state index in [1.54, 1.807) is 36.4 Å². The number of piperidine rings is 1. The summed E-state index contributed by atoms with van der Waals surface area (Å²) in [4.78, 5) is 27.3. The fourth-order valence-corrected chi connectivity index (χ4v) is 6.48. The summed E-state index contributed by atoms with van der Waals surface area (Å²) in [6.07, 6.45) is 3.78. The monoisotopic (exact) mass is 522 g/mol. The van der Waals surface area contributed by atoms with E-state index in [1.165, 1.54) is 24.3 Å². The van der Waals surface area contributed by atoms with E-state index in [0.717, 1.165) is 25.7 Å². The van der Waals surface area contributed by atoms with Crippen LogP contribution in [-0.2, 0) is 15.0 Å². The molecule has 3 atom stereocenters. The highest BCUT2D eigenvalue weighted by molar-refractivity contribution is 6.31. The van der Waals surface area contributed by atoms with Gasteiger partial charge in [-0.25, -0.2) is 8.78 Å². The first-order valence-electron chi connectivity index (χ1n) is 12.5. The van der Waals surface area contributed by atoms with E-state index in [9.17, 15) is 18.4 Å². The van der Waals surface area contributed by atoms with Gasteiger partial charge in [0.2, 0.25) is 11.8 Å². The summed E-state index contributed by atoms with van der Waals surface area (Å²) in [5.41, 5.74) is 0.599. The first-order chi connectivity index (χ1) is 17.9. The smallest absolute Gasteiger partial charge is 0.238 e. The zero-order valence-corrected chi connectivity index (χ0v) is 20.7. The van der Waals surface area contributed by atoms with Gasteiger partial charge in [-0.3, -0.25) is 9.59 Å². The first kappa shape index (κ1) is 23.9. The second-order valence-electron chi connectivity index (χ2n) is 10.0. The van der Waals surface area contributed by atoms with Gasteiger partial charge in [0.15, 0.2) is 0 Å². The average Bonchev–Trinajstić information content (AvgIpc) is 3.47. The van der Waals surface area contributed by atoms with Crippen LogP contribution >= 0.6 is 11.6 Å². The third kappa shape index (κ3) is 3.96. The molecule has 0 bridgehead atoms. The van der Waals surface area contributed by atoms with E-state index in [2.05, 4.69) is 10.6 Å². The molecule has 0 radical (unpaired) electrons. The summed E-state index contributed by atoms with van der Waals surface area (Å²) in [5, 5.41) is 6.35. The topological polar surface area (TPSA) is 67.4 Å². The van der Waals surface area contributed by atoms with Gasteiger partial charge < -0.3 is 15.4 Å². The van der Waals surface area contributed by atoms with E-state index in [0.29, 0.717) is 33.1 Å². The molecule has 2 aliphatic heterocycles. The Labute approximate surface area is 218 Å². The molecule has 1 spiro atoms. The fourth-order valence-electron chi connectivity index (χ4n) is 6.31. The number of fused-ring (bicyclic) bond motifs is 2. The van der Waals surface area contributed by atoms with Gasteiger partial charge in [0, 0.05) is 28.6 Å². The second kappa shape index (κ2) is 9.14. The van der Waals surface area contributed by atoms with Crippen LogP contribution in [0.15, 0.2) is 60.7 Å². The summed E-state index contributed by atoms with van der Waals surface area (Å²) in [5.74, 6) is -1.99. The Kier molecular flexibility index (Phi) is 5.91. The van der Waals surface area contributed by atoms with Crippen LogP contribution in [0.3, 0.4) is 0 Å². The van der Waals surface area contributed by atoms with Crippen LogP contribution in [0.25, 0.3) is 0 Å². The first-order valence-corrected chi connectivity index (χ1v) is 12.9. The SMILES string of the molecule is O=C1C[C@@H](c2cccc(F)c2)C2(C(=O)Nc3cc(Cl)ccc32)[C@@H](c2cc(F)ccc2OC2CCCC2)N1. The van der Waals surface area contributed by atoms with Crippen molar-refractivity contribution in [1.29, 1.82) is 0 Å². The predicted octanol–water partition coefficient (Wildman–Crippen LogP) is 6.17. The van der Waals surface area contributed by atoms with Crippen LogP contribution in [0.2, 0.25) is 5.02 Å². The van der Waals surface area contributed by atoms with Crippen molar-refractivity contribution in [3.63, 3.8) is 0 Å². The molecule has 2 amide bonds. The number of halogens is 3. The van der Waals surface area contributed by atoms with E-state index < -0.39 is 29.0 Å². The van der Waals surface area contributed by atoms with Crippen LogP contribution < -0.4 is 15.4 Å². The number of carbonyl (C=O) groups is 2. The van der Waals surface area contributed by atoms with Gasteiger partial charge in [0.1, 0.15) is 22.8 Å². The zero-order valence-electron chi connectivity index (χ0n) is 19.9. The second-order valence-corrected chi connectivity index (χ2v) is 10.5. The maximum absolute atomic E-state index is 14.8. The van der Waals surface area contributed by atoms with E-state index in [-0.39, 0.29) is 24.3 Å². The summed E-state index contributed by atoms with van der Waals surface area (Å²) in [7, 11) is 0. The molecule has 6 rings (SSSR count). The number of anilines is 1. The summed E-state index contributed by atoms with van der Waals surface area (Å²) in [6, 6.07) is 14.3. The van der Waals surface area contributed by atoms with Crippen LogP contribution in [0, 0.1) is 11.6 Å². The van der Waals surface area contributed by atoms with Crippen LogP contribution in [0.4, 0.5) is 14.5 Å². The maximum Gasteiger partial charge on any atom is 0.238 e. The van der Waals surface area contributed by atoms with E-state index in [1.807, 2.05) is 0 Å². The standard InChI is InChI=1S/C29H25ClF2N2O3/c30-17-8-10-22-24(13-17)33-28(36)29(22)23(16-4-3-5-18(31)12-16)15-26(35)34-27(29)21-14-19(32)9-11-25(21)37-20-6-1-2-7-20/h3-5,8-14,20,23,27H,1-2,6-7,15H2,(H,33,36)(H,34,35)/t23-,27+,29?/m0/s1. The van der Waals surface area contributed by atoms with Crippen molar-refractivity contribution >= 4 is 29.1 Å². The molecular weight excluding hydrogens is 498 g/mol. The molecule has 1 aliphatic carbocycles. The molecule has 1 unspecified atom stereocenters. The van der Waals surface area contributed by atoms with Gasteiger partial charge in [0.05, 0.1) is 12.1 Å². The molecule has 2 fully saturated rings. The largest absolute Gasteiger partial charge is 0.490 e. The van der Waals surface area contributed by atoms with Gasteiger partial charge in [-0.15, -0.1) is 0 Å². The van der Waals surface area contributed by atoms with Crippen LogP contribution in [0.1, 0.15) is 60.8 Å². The molecule has 0 aromatic heterocycles. The van der Waals surface area contributed by atoms with E-state index >= 15 is 0 Å². The number of benzene rings is 3. The van der Waals surface area contributed by atoms with Gasteiger partial charge in [-0.2, -0.15) is 0 Å². The molecule has 2 N–H and O–H groups in total. The molecule has 2 heterocycles. The quantitative estimate of drug-likeness (QED) is 0.430. The Morgan fingerprint density at radius 3 is 2.51 bits per heavy atom. The van der Waals surface area contributed by atoms with Gasteiger partial charge in [0.25, 0.3) is 0 Å². The fraction of sp³-hybridized carbons (Fsp3) is 0.310. The lowest BCUT2D eigenvalue weighted by Gasteiger charge is -2.46. The Balaban J connectivity index is 1.59. The van der Waals surface area contributed by atoms with Crippen molar-refractivity contribution in [3.8, 4) is 5.75 Å². The van der Waals surface area contributed by atoms with Crippen molar-refractivity contribution in [2.45, 2.75) is 55.6 Å². The van der Waals surface area contributed by atoms with Gasteiger partial charge >= 0.3 is 0 Å². The third-order valence-corrected chi connectivity index (χ3v) is 8.12. The number of rotatable bonds is 4. The average molecular weight is 523 g/mol. The van der Waals surface area contributed by atoms with E-state index in [4.69, 9.17) is 16.3 Å². The number of ether oxygens (including phenoxy) is 1. The van der Waals surface area contributed by atoms with Crippen molar-refractivity contribution in [2.24, 2.45) is 0 Å². The lowest BCUT2D eigenvalue weighted by Crippen LogP contribution is -2.57. The summed E-state index contributed by atoms with van der Waals surface area (Å²) >= 11 is 6.25. The number of carbonyl (C=O) groups excluding carboxylic acids is 2. The molecular formula is C29H25ClF2N2O3. The van der Waals surface area contributed by atoms with Gasteiger partial charge in [-0.1, -0.05) is 29.8 Å². The Hall–Kier alpha value is -3.45. The lowest BCUT2D eigenvalue weighted by atomic mass is 9.59. The zero-order chi connectivity index (χ0) is 25.7. The number of hydrogen-bond acceptors (Lipinski definition) is 3. The Morgan fingerprint density at radius 1 is 0.946 bits per heavy atom. The third-order valence-electron chi connectivity index (χ3n) is 7.88. The van der Waals surface area contributed by atoms with Crippen molar-refractivity contribution < 1.29 is 23.1 Å². The van der Waals surface area contributed by atoms with Gasteiger partial charge in [-0.05, 0) is 79.3 Å². The maximum atomic E-state index is 14.8. The molecule has 3 aromatic carbocycles. The van der Waals surface area contributed by atoms with Crippen LogP contribution in [-0.4, -0.2) is 17.9 Å². The highest BCUT2D eigenvalue weighted by Crippen LogP contribution is 2.58. The molecule has 3 aliphatic rings. The highest BCUT2D eigenvalue weighted by atomic mass is 35.5. The molecule has 8 heteroatoms. The normalized spacial score (nSPS) is 25.2. The number of nitrogens with one attached hydrogen (secondary N) is 2. The highest BCUT2D eigenvalue weighted by Gasteiger charge is 2.61. The summed E-state index contributed by atoms with van der Waals surface area (Å²) < 4.78 is 35.5. The molecule has 190 valence electrons. The molecule has 1 saturated carbocycles. The van der Waals surface area contributed by atoms with Crippen LogP contribution in [0.5, 0.6) is 5.75 Å². The summed E-state index contributed by atoms with van der Waals surface area (Å²) in [6.45, 7) is 0. The van der Waals surface area contributed by atoms with Crippen molar-refractivity contribution in [3.05, 3.63) is 94.0 Å². The van der Waals surface area contributed by atoms with Crippen molar-refractivity contribution in [2.75, 3.05) is 5.32 Å². The Bertz CT molecular complexity index is 1410. The molecule has 3 aromatic rings. The molecule has 5 nitrogen and oxygen atoms in total. The lowest BCUT2D eigenvalue weighted by molar-refractivity contribution is -0.131. The van der Waals surface area contributed by atoms with Crippen molar-refractivity contribution in [1.82, 2.24) is 5.32 Å². The predicted molar refractivity (Wildman–Crippen MR) is 136 cm³/mol. The molecule has 37 heavy (non-hydrogen) atoms. The molecule has 1 saturated heterocycles.